The van der Waals surface area contributed by atoms with Gasteiger partial charge in [-0.25, -0.2) is 8.42 Å². The minimum Gasteiger partial charge on any atom is -0.367 e. The van der Waals surface area contributed by atoms with Crippen LogP contribution in [0.2, 0.25) is 0 Å². The second-order valence-corrected chi connectivity index (χ2v) is 10.5. The van der Waals surface area contributed by atoms with Gasteiger partial charge in [-0.2, -0.15) is 0 Å². The number of aryl methyl sites for hydroxylation is 1. The first-order chi connectivity index (χ1) is 17.2. The van der Waals surface area contributed by atoms with Gasteiger partial charge in [0.05, 0.1) is 22.8 Å². The molecule has 0 aromatic heterocycles. The fraction of sp³-hybridized carbons (Fsp3) is 0.462. The standard InChI is InChI=1S/C26H37N5O4S/c1-5-20-8-11-22(12-9-20)36(34,35)28-23-18-21(10-13-24(23)31-16-14-27-15-17-31)26(33)29(4)19-25(32)30(6-2)7-3/h8-13,18,27-28H,5-7,14-17,19H2,1-4H3. The summed E-state index contributed by atoms with van der Waals surface area (Å²) in [6.45, 7) is 9.88. The van der Waals surface area contributed by atoms with Crippen molar-refractivity contribution in [3.05, 3.63) is 53.6 Å². The first kappa shape index (κ1) is 27.5. The maximum absolute atomic E-state index is 13.3. The van der Waals surface area contributed by atoms with Gasteiger partial charge in [0.2, 0.25) is 5.91 Å². The lowest BCUT2D eigenvalue weighted by Crippen LogP contribution is -2.44. The Bertz CT molecular complexity index is 1160. The van der Waals surface area contributed by atoms with Crippen molar-refractivity contribution in [1.82, 2.24) is 15.1 Å². The van der Waals surface area contributed by atoms with Gasteiger partial charge in [0.1, 0.15) is 0 Å². The summed E-state index contributed by atoms with van der Waals surface area (Å²) in [5.74, 6) is -0.486. The summed E-state index contributed by atoms with van der Waals surface area (Å²) in [6.07, 6.45) is 0.815. The Balaban J connectivity index is 1.91. The van der Waals surface area contributed by atoms with E-state index >= 15 is 0 Å². The Kier molecular flexibility index (Phi) is 9.33. The van der Waals surface area contributed by atoms with Crippen molar-refractivity contribution >= 4 is 33.2 Å². The second kappa shape index (κ2) is 12.2. The van der Waals surface area contributed by atoms with Crippen LogP contribution in [0.5, 0.6) is 0 Å². The molecule has 0 spiro atoms. The molecule has 10 heteroatoms. The molecule has 36 heavy (non-hydrogen) atoms. The summed E-state index contributed by atoms with van der Waals surface area (Å²) in [6, 6.07) is 11.8. The van der Waals surface area contributed by atoms with Crippen LogP contribution in [0.25, 0.3) is 0 Å². The average Bonchev–Trinajstić information content (AvgIpc) is 2.89. The van der Waals surface area contributed by atoms with E-state index in [1.54, 1.807) is 54.4 Å². The first-order valence-corrected chi connectivity index (χ1v) is 13.9. The number of sulfonamides is 1. The number of amides is 2. The van der Waals surface area contributed by atoms with Crippen LogP contribution in [0.1, 0.15) is 36.7 Å². The quantitative estimate of drug-likeness (QED) is 0.504. The zero-order chi connectivity index (χ0) is 26.3. The normalized spacial score (nSPS) is 13.8. The van der Waals surface area contributed by atoms with Crippen LogP contribution in [-0.2, 0) is 21.2 Å². The van der Waals surface area contributed by atoms with Gasteiger partial charge < -0.3 is 20.0 Å². The third-order valence-corrected chi connectivity index (χ3v) is 7.80. The van der Waals surface area contributed by atoms with E-state index in [4.69, 9.17) is 0 Å². The molecule has 9 nitrogen and oxygen atoms in total. The zero-order valence-corrected chi connectivity index (χ0v) is 22.4. The van der Waals surface area contributed by atoms with E-state index in [1.165, 1.54) is 4.90 Å². The summed E-state index contributed by atoms with van der Waals surface area (Å²) in [7, 11) is -2.30. The monoisotopic (exact) mass is 515 g/mol. The minimum absolute atomic E-state index is 0.0507. The summed E-state index contributed by atoms with van der Waals surface area (Å²) < 4.78 is 29.2. The predicted molar refractivity (Wildman–Crippen MR) is 143 cm³/mol. The zero-order valence-electron chi connectivity index (χ0n) is 21.6. The largest absolute Gasteiger partial charge is 0.367 e. The van der Waals surface area contributed by atoms with Gasteiger partial charge in [-0.1, -0.05) is 19.1 Å². The summed E-state index contributed by atoms with van der Waals surface area (Å²) in [5, 5.41) is 3.29. The summed E-state index contributed by atoms with van der Waals surface area (Å²) in [4.78, 5) is 31.0. The van der Waals surface area contributed by atoms with Crippen molar-refractivity contribution < 1.29 is 18.0 Å². The molecule has 3 rings (SSSR count). The third-order valence-electron chi connectivity index (χ3n) is 6.42. The Morgan fingerprint density at radius 2 is 1.64 bits per heavy atom. The van der Waals surface area contributed by atoms with Crippen LogP contribution in [-0.4, -0.2) is 82.9 Å². The van der Waals surface area contributed by atoms with Crippen LogP contribution >= 0.6 is 0 Å². The number of carbonyl (C=O) groups excluding carboxylic acids is 2. The molecule has 196 valence electrons. The molecule has 1 heterocycles. The molecule has 0 bridgehead atoms. The van der Waals surface area contributed by atoms with Gasteiger partial charge in [-0.05, 0) is 56.2 Å². The van der Waals surface area contributed by atoms with Crippen molar-refractivity contribution in [3.63, 3.8) is 0 Å². The van der Waals surface area contributed by atoms with E-state index in [9.17, 15) is 18.0 Å². The Morgan fingerprint density at radius 1 is 1.00 bits per heavy atom. The number of rotatable bonds is 10. The van der Waals surface area contributed by atoms with Crippen LogP contribution in [0.4, 0.5) is 11.4 Å². The molecule has 1 aliphatic heterocycles. The van der Waals surface area contributed by atoms with Gasteiger partial charge in [0.25, 0.3) is 15.9 Å². The lowest BCUT2D eigenvalue weighted by atomic mass is 10.1. The number of likely N-dealkylation sites (N-methyl/N-ethyl adjacent to an activating group) is 2. The maximum Gasteiger partial charge on any atom is 0.261 e. The highest BCUT2D eigenvalue weighted by Gasteiger charge is 2.23. The number of carbonyl (C=O) groups is 2. The number of hydrogen-bond donors (Lipinski definition) is 2. The van der Waals surface area contributed by atoms with Gasteiger partial charge in [0.15, 0.2) is 0 Å². The van der Waals surface area contributed by atoms with Gasteiger partial charge in [0, 0.05) is 51.9 Å². The average molecular weight is 516 g/mol. The van der Waals surface area contributed by atoms with Crippen molar-refractivity contribution in [2.24, 2.45) is 0 Å². The SMILES string of the molecule is CCc1ccc(S(=O)(=O)Nc2cc(C(=O)N(C)CC(=O)N(CC)CC)ccc2N2CCNCC2)cc1. The van der Waals surface area contributed by atoms with E-state index in [-0.39, 0.29) is 23.3 Å². The third kappa shape index (κ3) is 6.55. The number of piperazine rings is 1. The van der Waals surface area contributed by atoms with Gasteiger partial charge in [-0.15, -0.1) is 0 Å². The molecular weight excluding hydrogens is 478 g/mol. The molecule has 2 aromatic carbocycles. The lowest BCUT2D eigenvalue weighted by Gasteiger charge is -2.31. The molecule has 0 saturated carbocycles. The molecule has 0 unspecified atom stereocenters. The number of nitrogens with zero attached hydrogens (tertiary/aromatic N) is 3. The molecule has 0 aliphatic carbocycles. The Morgan fingerprint density at radius 3 is 2.22 bits per heavy atom. The topological polar surface area (TPSA) is 102 Å². The summed E-state index contributed by atoms with van der Waals surface area (Å²) >= 11 is 0. The highest BCUT2D eigenvalue weighted by Crippen LogP contribution is 2.30. The molecule has 2 aromatic rings. The molecule has 1 aliphatic rings. The second-order valence-electron chi connectivity index (χ2n) is 8.80. The summed E-state index contributed by atoms with van der Waals surface area (Å²) in [5.41, 5.74) is 2.41. The lowest BCUT2D eigenvalue weighted by molar-refractivity contribution is -0.131. The van der Waals surface area contributed by atoms with E-state index in [0.29, 0.717) is 43.1 Å². The number of anilines is 2. The highest BCUT2D eigenvalue weighted by atomic mass is 32.2. The molecular formula is C26H37N5O4S. The van der Waals surface area contributed by atoms with E-state index in [2.05, 4.69) is 14.9 Å². The van der Waals surface area contributed by atoms with Gasteiger partial charge >= 0.3 is 0 Å². The fourth-order valence-electron chi connectivity index (χ4n) is 4.21. The molecule has 1 saturated heterocycles. The first-order valence-electron chi connectivity index (χ1n) is 12.4. The number of hydrogen-bond acceptors (Lipinski definition) is 6. The van der Waals surface area contributed by atoms with E-state index in [0.717, 1.165) is 25.1 Å². The van der Waals surface area contributed by atoms with Crippen molar-refractivity contribution in [2.75, 3.05) is 62.5 Å². The van der Waals surface area contributed by atoms with Crippen molar-refractivity contribution in [3.8, 4) is 0 Å². The van der Waals surface area contributed by atoms with Gasteiger partial charge in [-0.3, -0.25) is 14.3 Å². The van der Waals surface area contributed by atoms with Crippen LogP contribution in [0.3, 0.4) is 0 Å². The highest BCUT2D eigenvalue weighted by molar-refractivity contribution is 7.92. The number of nitrogens with one attached hydrogen (secondary N) is 2. The number of benzene rings is 2. The van der Waals surface area contributed by atoms with E-state index in [1.807, 2.05) is 20.8 Å². The van der Waals surface area contributed by atoms with Crippen molar-refractivity contribution in [2.45, 2.75) is 32.1 Å². The fourth-order valence-corrected chi connectivity index (χ4v) is 5.28. The molecule has 0 atom stereocenters. The molecule has 0 radical (unpaired) electrons. The molecule has 2 amide bonds. The Hall–Kier alpha value is -3.11. The Labute approximate surface area is 214 Å². The van der Waals surface area contributed by atoms with Crippen LogP contribution < -0.4 is 14.9 Å². The van der Waals surface area contributed by atoms with Crippen LogP contribution in [0, 0.1) is 0 Å². The van der Waals surface area contributed by atoms with E-state index < -0.39 is 10.0 Å². The smallest absolute Gasteiger partial charge is 0.261 e. The van der Waals surface area contributed by atoms with Crippen LogP contribution in [0.15, 0.2) is 47.4 Å². The predicted octanol–water partition coefficient (Wildman–Crippen LogP) is 2.40. The minimum atomic E-state index is -3.88. The molecule has 2 N–H and O–H groups in total. The molecule has 1 fully saturated rings. The maximum atomic E-state index is 13.3. The van der Waals surface area contributed by atoms with Crippen molar-refractivity contribution in [1.29, 1.82) is 0 Å².